The largest absolute Gasteiger partial charge is 0.460 e. The van der Waals surface area contributed by atoms with Crippen molar-refractivity contribution in [3.63, 3.8) is 0 Å². The molecule has 2 N–H and O–H groups in total. The zero-order valence-corrected chi connectivity index (χ0v) is 20.3. The lowest BCUT2D eigenvalue weighted by Gasteiger charge is -2.19. The third-order valence-corrected chi connectivity index (χ3v) is 7.29. The van der Waals surface area contributed by atoms with E-state index in [1.165, 1.54) is 29.6 Å². The molecule has 0 saturated heterocycles. The van der Waals surface area contributed by atoms with Crippen molar-refractivity contribution in [2.45, 2.75) is 32.6 Å². The Bertz CT molecular complexity index is 1090. The topological polar surface area (TPSA) is 118 Å². The molecule has 0 bridgehead atoms. The van der Waals surface area contributed by atoms with Crippen LogP contribution >= 0.6 is 11.6 Å². The minimum Gasteiger partial charge on any atom is -0.460 e. The van der Waals surface area contributed by atoms with Gasteiger partial charge in [-0.3, -0.25) is 4.79 Å². The summed E-state index contributed by atoms with van der Waals surface area (Å²) in [5.74, 6) is -1.14. The number of halogens is 1. The van der Waals surface area contributed by atoms with Crippen LogP contribution in [0.2, 0.25) is 5.02 Å². The van der Waals surface area contributed by atoms with Crippen molar-refractivity contribution in [3.8, 4) is 0 Å². The first-order valence-electron chi connectivity index (χ1n) is 10.0. The normalized spacial score (nSPS) is 11.6. The standard InChI is InChI=1S/C21H28ClN3O6S/c1-6-25(7-2)32(28,29)15-8-9-16(22)17(12-15)24-20(26)19-13(3)18(14(4)23-19)21(27)31-11-10-30-5/h8-9,12,23H,6-7,10-11H2,1-5H3,(H,24,26). The number of hydrogen-bond donors (Lipinski definition) is 2. The highest BCUT2D eigenvalue weighted by atomic mass is 35.5. The first-order valence-corrected chi connectivity index (χ1v) is 11.9. The molecule has 0 fully saturated rings. The lowest BCUT2D eigenvalue weighted by molar-refractivity contribution is 0.0386. The molecule has 176 valence electrons. The Hall–Kier alpha value is -2.40. The molecule has 2 rings (SSSR count). The minimum atomic E-state index is -3.73. The van der Waals surface area contributed by atoms with E-state index in [-0.39, 0.29) is 40.1 Å². The molecule has 11 heteroatoms. The molecule has 0 aliphatic heterocycles. The number of carbonyl (C=O) groups excluding carboxylic acids is 2. The maximum Gasteiger partial charge on any atom is 0.340 e. The number of benzene rings is 1. The van der Waals surface area contributed by atoms with Crippen molar-refractivity contribution < 1.29 is 27.5 Å². The molecule has 1 heterocycles. The van der Waals surface area contributed by atoms with Crippen molar-refractivity contribution in [3.05, 3.63) is 45.7 Å². The number of anilines is 1. The summed E-state index contributed by atoms with van der Waals surface area (Å²) in [7, 11) is -2.23. The van der Waals surface area contributed by atoms with Crippen molar-refractivity contribution in [2.75, 3.05) is 38.7 Å². The predicted octanol–water partition coefficient (Wildman–Crippen LogP) is 3.37. The Balaban J connectivity index is 2.32. The van der Waals surface area contributed by atoms with Crippen LogP contribution in [-0.4, -0.2) is 63.0 Å². The highest BCUT2D eigenvalue weighted by molar-refractivity contribution is 7.89. The molecule has 2 aromatic rings. The molecule has 0 unspecified atom stereocenters. The van der Waals surface area contributed by atoms with Crippen LogP contribution in [0.15, 0.2) is 23.1 Å². The van der Waals surface area contributed by atoms with Crippen LogP contribution in [0.1, 0.15) is 46.0 Å². The van der Waals surface area contributed by atoms with E-state index in [0.29, 0.717) is 24.3 Å². The van der Waals surface area contributed by atoms with Crippen LogP contribution in [-0.2, 0) is 19.5 Å². The zero-order valence-electron chi connectivity index (χ0n) is 18.7. The van der Waals surface area contributed by atoms with E-state index in [0.717, 1.165) is 0 Å². The smallest absolute Gasteiger partial charge is 0.340 e. The average molecular weight is 486 g/mol. The van der Waals surface area contributed by atoms with Crippen LogP contribution in [0, 0.1) is 13.8 Å². The van der Waals surface area contributed by atoms with Gasteiger partial charge in [-0.1, -0.05) is 25.4 Å². The molecule has 0 aliphatic rings. The van der Waals surface area contributed by atoms with Gasteiger partial charge in [-0.25, -0.2) is 13.2 Å². The molecule has 32 heavy (non-hydrogen) atoms. The molecule has 0 radical (unpaired) electrons. The molecule has 1 aromatic heterocycles. The van der Waals surface area contributed by atoms with Gasteiger partial charge in [-0.05, 0) is 37.6 Å². The van der Waals surface area contributed by atoms with E-state index in [9.17, 15) is 18.0 Å². The fourth-order valence-electron chi connectivity index (χ4n) is 3.23. The van der Waals surface area contributed by atoms with E-state index in [2.05, 4.69) is 10.3 Å². The molecule has 0 aliphatic carbocycles. The molecular weight excluding hydrogens is 458 g/mol. The zero-order chi connectivity index (χ0) is 24.1. The highest BCUT2D eigenvalue weighted by Gasteiger charge is 2.25. The minimum absolute atomic E-state index is 0.0164. The fourth-order valence-corrected chi connectivity index (χ4v) is 4.88. The summed E-state index contributed by atoms with van der Waals surface area (Å²) in [4.78, 5) is 28.2. The van der Waals surface area contributed by atoms with E-state index in [1.54, 1.807) is 27.7 Å². The quantitative estimate of drug-likeness (QED) is 0.393. The van der Waals surface area contributed by atoms with Gasteiger partial charge in [-0.2, -0.15) is 4.31 Å². The lowest BCUT2D eigenvalue weighted by atomic mass is 10.1. The van der Waals surface area contributed by atoms with Gasteiger partial charge < -0.3 is 19.8 Å². The Morgan fingerprint density at radius 2 is 1.81 bits per heavy atom. The number of hydrogen-bond acceptors (Lipinski definition) is 6. The average Bonchev–Trinajstić information content (AvgIpc) is 3.04. The van der Waals surface area contributed by atoms with Crippen LogP contribution in [0.5, 0.6) is 0 Å². The van der Waals surface area contributed by atoms with Crippen molar-refractivity contribution in [1.82, 2.24) is 9.29 Å². The van der Waals surface area contributed by atoms with Gasteiger partial charge >= 0.3 is 5.97 Å². The van der Waals surface area contributed by atoms with Gasteiger partial charge in [0.15, 0.2) is 0 Å². The lowest BCUT2D eigenvalue weighted by Crippen LogP contribution is -2.30. The molecule has 0 atom stereocenters. The molecule has 0 spiro atoms. The first kappa shape index (κ1) is 25.9. The van der Waals surface area contributed by atoms with E-state index in [1.807, 2.05) is 0 Å². The Kier molecular flexibility index (Phi) is 8.85. The summed E-state index contributed by atoms with van der Waals surface area (Å²) in [5, 5.41) is 2.81. The monoisotopic (exact) mass is 485 g/mol. The number of H-pyrrole nitrogens is 1. The van der Waals surface area contributed by atoms with Gasteiger partial charge in [0.1, 0.15) is 12.3 Å². The number of esters is 1. The molecule has 9 nitrogen and oxygen atoms in total. The summed E-state index contributed by atoms with van der Waals surface area (Å²) < 4.78 is 36.9. The number of nitrogens with zero attached hydrogens (tertiary/aromatic N) is 1. The van der Waals surface area contributed by atoms with Gasteiger partial charge in [0.2, 0.25) is 10.0 Å². The number of rotatable bonds is 10. The van der Waals surface area contributed by atoms with Crippen molar-refractivity contribution in [1.29, 1.82) is 0 Å². The molecule has 0 saturated carbocycles. The second-order valence-corrected chi connectivity index (χ2v) is 9.28. The number of aromatic amines is 1. The number of amides is 1. The maximum absolute atomic E-state index is 12.9. The van der Waals surface area contributed by atoms with Crippen molar-refractivity contribution >= 4 is 39.2 Å². The summed E-state index contributed by atoms with van der Waals surface area (Å²) >= 11 is 6.20. The van der Waals surface area contributed by atoms with Crippen LogP contribution in [0.25, 0.3) is 0 Å². The summed E-state index contributed by atoms with van der Waals surface area (Å²) in [5.41, 5.74) is 1.43. The van der Waals surface area contributed by atoms with Crippen LogP contribution in [0.4, 0.5) is 5.69 Å². The molecular formula is C21H28ClN3O6S. The second kappa shape index (κ2) is 11.0. The van der Waals surface area contributed by atoms with Gasteiger partial charge in [0, 0.05) is 25.9 Å². The number of ether oxygens (including phenoxy) is 2. The Morgan fingerprint density at radius 1 is 1.16 bits per heavy atom. The number of aryl methyl sites for hydroxylation is 1. The van der Waals surface area contributed by atoms with Crippen LogP contribution in [0.3, 0.4) is 0 Å². The summed E-state index contributed by atoms with van der Waals surface area (Å²) in [6, 6.07) is 4.13. The summed E-state index contributed by atoms with van der Waals surface area (Å²) in [6.45, 7) is 7.73. The van der Waals surface area contributed by atoms with Gasteiger partial charge in [-0.15, -0.1) is 0 Å². The second-order valence-electron chi connectivity index (χ2n) is 6.94. The number of aromatic nitrogens is 1. The number of methoxy groups -OCH3 is 1. The first-order chi connectivity index (χ1) is 15.1. The Morgan fingerprint density at radius 3 is 2.41 bits per heavy atom. The SMILES string of the molecule is CCN(CC)S(=O)(=O)c1ccc(Cl)c(NC(=O)c2[nH]c(C)c(C(=O)OCCOC)c2C)c1. The molecule has 1 amide bonds. The Labute approximate surface area is 193 Å². The van der Waals surface area contributed by atoms with Gasteiger partial charge in [0.25, 0.3) is 5.91 Å². The predicted molar refractivity (Wildman–Crippen MR) is 122 cm³/mol. The maximum atomic E-state index is 12.9. The number of sulfonamides is 1. The fraction of sp³-hybridized carbons (Fsp3) is 0.429. The highest BCUT2D eigenvalue weighted by Crippen LogP contribution is 2.28. The van der Waals surface area contributed by atoms with E-state index in [4.69, 9.17) is 21.1 Å². The van der Waals surface area contributed by atoms with E-state index >= 15 is 0 Å². The third kappa shape index (κ3) is 5.50. The summed E-state index contributed by atoms with van der Waals surface area (Å²) in [6.07, 6.45) is 0. The van der Waals surface area contributed by atoms with Crippen LogP contribution < -0.4 is 5.32 Å². The van der Waals surface area contributed by atoms with E-state index < -0.39 is 21.9 Å². The number of carbonyl (C=O) groups is 2. The van der Waals surface area contributed by atoms with Crippen molar-refractivity contribution in [2.24, 2.45) is 0 Å². The number of nitrogens with one attached hydrogen (secondary N) is 2. The third-order valence-electron chi connectivity index (χ3n) is 4.92. The van der Waals surface area contributed by atoms with Gasteiger partial charge in [0.05, 0.1) is 27.8 Å². The molecule has 1 aromatic carbocycles.